The average Bonchev–Trinajstić information content (AvgIpc) is 2.59. The van der Waals surface area contributed by atoms with E-state index in [0.29, 0.717) is 31.4 Å². The van der Waals surface area contributed by atoms with Crippen LogP contribution in [-0.2, 0) is 14.3 Å². The first kappa shape index (κ1) is 17.9. The predicted octanol–water partition coefficient (Wildman–Crippen LogP) is 4.23. The molecular formula is C19H21FO4S. The van der Waals surface area contributed by atoms with Gasteiger partial charge in [0.1, 0.15) is 11.6 Å². The van der Waals surface area contributed by atoms with Gasteiger partial charge in [0.05, 0.1) is 17.1 Å². The molecule has 0 radical (unpaired) electrons. The molecule has 1 fully saturated rings. The molecule has 2 aromatic rings. The zero-order valence-electron chi connectivity index (χ0n) is 14.0. The number of rotatable bonds is 5. The Kier molecular flexibility index (Phi) is 5.39. The first-order valence-corrected chi connectivity index (χ1v) is 9.75. The van der Waals surface area contributed by atoms with Crippen LogP contribution in [0.4, 0.5) is 4.39 Å². The molecule has 0 heterocycles. The number of ether oxygens (including phenoxy) is 1. The lowest BCUT2D eigenvalue weighted by atomic mass is 9.95. The number of halogens is 1. The summed E-state index contributed by atoms with van der Waals surface area (Å²) in [5.41, 5.74) is 0.998. The molecule has 0 aliphatic heterocycles. The zero-order valence-corrected chi connectivity index (χ0v) is 14.8. The van der Waals surface area contributed by atoms with Gasteiger partial charge in [0, 0.05) is 0 Å². The molecule has 0 aromatic heterocycles. The van der Waals surface area contributed by atoms with Crippen LogP contribution in [-0.4, -0.2) is 20.6 Å². The highest BCUT2D eigenvalue weighted by molar-refractivity contribution is 7.86. The van der Waals surface area contributed by atoms with Gasteiger partial charge < -0.3 is 4.74 Å². The van der Waals surface area contributed by atoms with Crippen LogP contribution in [0.5, 0.6) is 5.75 Å². The van der Waals surface area contributed by atoms with E-state index in [-0.39, 0.29) is 22.9 Å². The van der Waals surface area contributed by atoms with Gasteiger partial charge in [-0.05, 0) is 69.0 Å². The van der Waals surface area contributed by atoms with Gasteiger partial charge in [-0.25, -0.2) is 4.39 Å². The third-order valence-corrected chi connectivity index (χ3v) is 5.69. The molecule has 2 aromatic carbocycles. The fraction of sp³-hybridized carbons (Fsp3) is 0.368. The number of hydrogen-bond donors (Lipinski definition) is 0. The summed E-state index contributed by atoms with van der Waals surface area (Å²) in [5, 5.41) is 0. The van der Waals surface area contributed by atoms with E-state index in [1.807, 2.05) is 6.92 Å². The van der Waals surface area contributed by atoms with Crippen LogP contribution in [0, 0.1) is 12.7 Å². The van der Waals surface area contributed by atoms with E-state index in [1.165, 1.54) is 12.1 Å². The van der Waals surface area contributed by atoms with Crippen LogP contribution in [0.15, 0.2) is 53.4 Å². The van der Waals surface area contributed by atoms with Gasteiger partial charge >= 0.3 is 0 Å². The molecule has 1 aliphatic carbocycles. The first-order chi connectivity index (χ1) is 11.9. The van der Waals surface area contributed by atoms with Gasteiger partial charge in [0.25, 0.3) is 10.1 Å². The van der Waals surface area contributed by atoms with Crippen molar-refractivity contribution in [3.63, 3.8) is 0 Å². The Labute approximate surface area is 147 Å². The van der Waals surface area contributed by atoms with Gasteiger partial charge in [-0.1, -0.05) is 17.7 Å². The maximum atomic E-state index is 12.9. The third kappa shape index (κ3) is 4.80. The molecule has 3 rings (SSSR count). The van der Waals surface area contributed by atoms with E-state index in [0.717, 1.165) is 5.56 Å². The standard InChI is InChI=1S/C19H21FO4S/c1-14-2-12-19(13-3-14)25(21,22)24-18-10-8-17(9-11-18)23-16-6-4-15(20)5-7-16/h2-7,12-13,17-18H,8-11H2,1H3. The first-order valence-electron chi connectivity index (χ1n) is 8.34. The normalized spacial score (nSPS) is 21.0. The highest BCUT2D eigenvalue weighted by Crippen LogP contribution is 2.28. The average molecular weight is 364 g/mol. The molecule has 0 atom stereocenters. The van der Waals surface area contributed by atoms with Crippen LogP contribution >= 0.6 is 0 Å². The van der Waals surface area contributed by atoms with E-state index in [9.17, 15) is 12.8 Å². The van der Waals surface area contributed by atoms with E-state index in [2.05, 4.69) is 0 Å². The lowest BCUT2D eigenvalue weighted by Gasteiger charge is -2.28. The van der Waals surface area contributed by atoms with E-state index < -0.39 is 10.1 Å². The fourth-order valence-electron chi connectivity index (χ4n) is 2.89. The van der Waals surface area contributed by atoms with Crippen molar-refractivity contribution in [1.29, 1.82) is 0 Å². The molecule has 1 aliphatic rings. The Balaban J connectivity index is 1.53. The van der Waals surface area contributed by atoms with E-state index in [1.54, 1.807) is 36.4 Å². The molecule has 25 heavy (non-hydrogen) atoms. The Morgan fingerprint density at radius 1 is 0.880 bits per heavy atom. The smallest absolute Gasteiger partial charge is 0.297 e. The molecular weight excluding hydrogens is 343 g/mol. The van der Waals surface area contributed by atoms with Crippen molar-refractivity contribution < 1.29 is 21.7 Å². The Hall–Kier alpha value is -1.92. The van der Waals surface area contributed by atoms with Crippen LogP contribution in [0.1, 0.15) is 31.2 Å². The summed E-state index contributed by atoms with van der Waals surface area (Å²) in [7, 11) is -3.74. The molecule has 0 amide bonds. The second-order valence-corrected chi connectivity index (χ2v) is 7.91. The van der Waals surface area contributed by atoms with Gasteiger partial charge in [-0.3, -0.25) is 4.18 Å². The summed E-state index contributed by atoms with van der Waals surface area (Å²) < 4.78 is 48.8. The SMILES string of the molecule is Cc1ccc(S(=O)(=O)OC2CCC(Oc3ccc(F)cc3)CC2)cc1. The maximum absolute atomic E-state index is 12.9. The second kappa shape index (κ2) is 7.54. The van der Waals surface area contributed by atoms with Gasteiger partial charge in [0.2, 0.25) is 0 Å². The van der Waals surface area contributed by atoms with Crippen LogP contribution in [0.3, 0.4) is 0 Å². The van der Waals surface area contributed by atoms with Crippen molar-refractivity contribution in [2.45, 2.75) is 49.7 Å². The molecule has 4 nitrogen and oxygen atoms in total. The molecule has 0 bridgehead atoms. The maximum Gasteiger partial charge on any atom is 0.297 e. The van der Waals surface area contributed by atoms with Crippen LogP contribution < -0.4 is 4.74 Å². The molecule has 134 valence electrons. The van der Waals surface area contributed by atoms with Crippen molar-refractivity contribution in [1.82, 2.24) is 0 Å². The summed E-state index contributed by atoms with van der Waals surface area (Å²) in [6, 6.07) is 12.5. The minimum atomic E-state index is -3.74. The van der Waals surface area contributed by atoms with E-state index in [4.69, 9.17) is 8.92 Å². The largest absolute Gasteiger partial charge is 0.490 e. The van der Waals surface area contributed by atoms with Crippen molar-refractivity contribution in [2.75, 3.05) is 0 Å². The molecule has 1 saturated carbocycles. The molecule has 0 N–H and O–H groups in total. The lowest BCUT2D eigenvalue weighted by molar-refractivity contribution is 0.0841. The molecule has 6 heteroatoms. The predicted molar refractivity (Wildman–Crippen MR) is 92.5 cm³/mol. The highest BCUT2D eigenvalue weighted by Gasteiger charge is 2.28. The highest BCUT2D eigenvalue weighted by atomic mass is 32.2. The van der Waals surface area contributed by atoms with Crippen LogP contribution in [0.25, 0.3) is 0 Å². The zero-order chi connectivity index (χ0) is 17.9. The Morgan fingerprint density at radius 3 is 2.04 bits per heavy atom. The Bertz CT molecular complexity index is 792. The minimum Gasteiger partial charge on any atom is -0.490 e. The van der Waals surface area contributed by atoms with Gasteiger partial charge in [-0.2, -0.15) is 8.42 Å². The summed E-state index contributed by atoms with van der Waals surface area (Å²) in [6.45, 7) is 1.90. The fourth-order valence-corrected chi connectivity index (χ4v) is 4.02. The lowest BCUT2D eigenvalue weighted by Crippen LogP contribution is -2.30. The quantitative estimate of drug-likeness (QED) is 0.745. The van der Waals surface area contributed by atoms with Crippen molar-refractivity contribution in [3.8, 4) is 5.75 Å². The van der Waals surface area contributed by atoms with Gasteiger partial charge in [-0.15, -0.1) is 0 Å². The van der Waals surface area contributed by atoms with Crippen molar-refractivity contribution >= 4 is 10.1 Å². The molecule has 0 spiro atoms. The summed E-state index contributed by atoms with van der Waals surface area (Å²) >= 11 is 0. The topological polar surface area (TPSA) is 52.6 Å². The number of hydrogen-bond acceptors (Lipinski definition) is 4. The molecule has 0 unspecified atom stereocenters. The van der Waals surface area contributed by atoms with Crippen molar-refractivity contribution in [3.05, 3.63) is 59.9 Å². The number of benzene rings is 2. The van der Waals surface area contributed by atoms with Gasteiger partial charge in [0.15, 0.2) is 0 Å². The Morgan fingerprint density at radius 2 is 1.44 bits per heavy atom. The monoisotopic (exact) mass is 364 g/mol. The molecule has 0 saturated heterocycles. The number of aryl methyl sites for hydroxylation is 1. The second-order valence-electron chi connectivity index (χ2n) is 6.33. The third-order valence-electron chi connectivity index (χ3n) is 4.31. The minimum absolute atomic E-state index is 0.00705. The van der Waals surface area contributed by atoms with Crippen LogP contribution in [0.2, 0.25) is 0 Å². The van der Waals surface area contributed by atoms with E-state index >= 15 is 0 Å². The van der Waals surface area contributed by atoms with Crippen molar-refractivity contribution in [2.24, 2.45) is 0 Å². The summed E-state index contributed by atoms with van der Waals surface area (Å²) in [6.07, 6.45) is 2.27. The summed E-state index contributed by atoms with van der Waals surface area (Å²) in [5.74, 6) is 0.323. The summed E-state index contributed by atoms with van der Waals surface area (Å²) in [4.78, 5) is 0.183.